The minimum absolute atomic E-state index is 0.0145. The van der Waals surface area contributed by atoms with E-state index in [1.807, 2.05) is 18.2 Å². The Hall–Kier alpha value is -1.37. The number of nitrogens with zero attached hydrogens (tertiary/aromatic N) is 1. The number of hydrogen-bond donors (Lipinski definition) is 1. The van der Waals surface area contributed by atoms with Gasteiger partial charge in [0.25, 0.3) is 5.91 Å². The Kier molecular flexibility index (Phi) is 5.39. The molecular formula is C14H12ClNO3S2. The standard InChI is InChI=1S/C14H12ClNO3S2/c15-10-5-2-1-4-9(10)8-11-13(19)16(14(20)21-11)7-3-6-12(17)18/h1-2,4-5,8H,3,6-7H2,(H,17,18). The average Bonchev–Trinajstić information content (AvgIpc) is 2.68. The predicted octanol–water partition coefficient (Wildman–Crippen LogP) is 3.41. The van der Waals surface area contributed by atoms with Crippen LogP contribution in [0.1, 0.15) is 18.4 Å². The first-order valence-electron chi connectivity index (χ1n) is 6.20. The van der Waals surface area contributed by atoms with E-state index in [-0.39, 0.29) is 12.3 Å². The summed E-state index contributed by atoms with van der Waals surface area (Å²) < 4.78 is 0.448. The van der Waals surface area contributed by atoms with Crippen molar-refractivity contribution in [3.05, 3.63) is 39.8 Å². The number of halogens is 1. The lowest BCUT2D eigenvalue weighted by Gasteiger charge is -2.13. The second-order valence-corrected chi connectivity index (χ2v) is 6.44. The van der Waals surface area contributed by atoms with Gasteiger partial charge in [-0.15, -0.1) is 0 Å². The Balaban J connectivity index is 2.11. The molecule has 0 aliphatic carbocycles. The Morgan fingerprint density at radius 1 is 1.43 bits per heavy atom. The lowest BCUT2D eigenvalue weighted by atomic mass is 10.2. The van der Waals surface area contributed by atoms with E-state index in [0.717, 1.165) is 5.56 Å². The zero-order chi connectivity index (χ0) is 15.4. The maximum absolute atomic E-state index is 12.3. The van der Waals surface area contributed by atoms with Gasteiger partial charge in [0, 0.05) is 18.0 Å². The van der Waals surface area contributed by atoms with E-state index >= 15 is 0 Å². The molecule has 0 radical (unpaired) electrons. The van der Waals surface area contributed by atoms with Crippen LogP contribution in [0.5, 0.6) is 0 Å². The Labute approximate surface area is 136 Å². The zero-order valence-electron chi connectivity index (χ0n) is 10.9. The third kappa shape index (κ3) is 4.06. The van der Waals surface area contributed by atoms with Crippen molar-refractivity contribution >= 4 is 57.9 Å². The maximum Gasteiger partial charge on any atom is 0.303 e. The molecule has 1 saturated heterocycles. The van der Waals surface area contributed by atoms with Crippen LogP contribution in [-0.4, -0.2) is 32.7 Å². The molecule has 1 aliphatic rings. The molecule has 21 heavy (non-hydrogen) atoms. The number of thiocarbonyl (C=S) groups is 1. The number of rotatable bonds is 5. The molecule has 1 aromatic rings. The summed E-state index contributed by atoms with van der Waals surface area (Å²) in [7, 11) is 0. The highest BCUT2D eigenvalue weighted by atomic mass is 35.5. The number of carbonyl (C=O) groups excluding carboxylic acids is 1. The van der Waals surface area contributed by atoms with E-state index < -0.39 is 5.97 Å². The zero-order valence-corrected chi connectivity index (χ0v) is 13.3. The molecule has 0 unspecified atom stereocenters. The second-order valence-electron chi connectivity index (χ2n) is 4.35. The van der Waals surface area contributed by atoms with Crippen molar-refractivity contribution in [1.82, 2.24) is 4.90 Å². The van der Waals surface area contributed by atoms with Gasteiger partial charge in [-0.05, 0) is 24.1 Å². The molecular weight excluding hydrogens is 330 g/mol. The smallest absolute Gasteiger partial charge is 0.303 e. The van der Waals surface area contributed by atoms with Gasteiger partial charge in [0.05, 0.1) is 4.91 Å². The largest absolute Gasteiger partial charge is 0.481 e. The molecule has 4 nitrogen and oxygen atoms in total. The van der Waals surface area contributed by atoms with Gasteiger partial charge in [-0.2, -0.15) is 0 Å². The summed E-state index contributed by atoms with van der Waals surface area (Å²) in [5.41, 5.74) is 0.755. The summed E-state index contributed by atoms with van der Waals surface area (Å²) in [6.07, 6.45) is 2.10. The van der Waals surface area contributed by atoms with Crippen LogP contribution in [-0.2, 0) is 9.59 Å². The van der Waals surface area contributed by atoms with Crippen LogP contribution in [0.3, 0.4) is 0 Å². The number of aliphatic carboxylic acids is 1. The van der Waals surface area contributed by atoms with E-state index in [1.165, 1.54) is 16.7 Å². The topological polar surface area (TPSA) is 57.6 Å². The first-order valence-corrected chi connectivity index (χ1v) is 7.81. The molecule has 1 N–H and O–H groups in total. The van der Waals surface area contributed by atoms with Crippen molar-refractivity contribution in [2.24, 2.45) is 0 Å². The molecule has 0 bridgehead atoms. The summed E-state index contributed by atoms with van der Waals surface area (Å²) in [5, 5.41) is 9.19. The Morgan fingerprint density at radius 2 is 2.14 bits per heavy atom. The molecule has 1 aromatic carbocycles. The summed E-state index contributed by atoms with van der Waals surface area (Å²) in [4.78, 5) is 24.7. The summed E-state index contributed by atoms with van der Waals surface area (Å²) in [6, 6.07) is 7.22. The molecule has 1 aliphatic heterocycles. The van der Waals surface area contributed by atoms with E-state index in [0.29, 0.717) is 27.2 Å². The van der Waals surface area contributed by atoms with Crippen LogP contribution >= 0.6 is 35.6 Å². The quantitative estimate of drug-likeness (QED) is 0.657. The van der Waals surface area contributed by atoms with Crippen LogP contribution in [0.4, 0.5) is 0 Å². The summed E-state index contributed by atoms with van der Waals surface area (Å²) >= 11 is 12.4. The molecule has 1 amide bonds. The van der Waals surface area contributed by atoms with Crippen LogP contribution in [0.15, 0.2) is 29.2 Å². The third-order valence-corrected chi connectivity index (χ3v) is 4.56. The van der Waals surface area contributed by atoms with Crippen molar-refractivity contribution in [1.29, 1.82) is 0 Å². The van der Waals surface area contributed by atoms with Gasteiger partial charge in [-0.3, -0.25) is 14.5 Å². The predicted molar refractivity (Wildman–Crippen MR) is 88.2 cm³/mol. The molecule has 1 fully saturated rings. The van der Waals surface area contributed by atoms with Crippen molar-refractivity contribution in [2.75, 3.05) is 6.54 Å². The van der Waals surface area contributed by atoms with Crippen LogP contribution in [0.25, 0.3) is 6.08 Å². The minimum Gasteiger partial charge on any atom is -0.481 e. The first kappa shape index (κ1) is 16.0. The molecule has 7 heteroatoms. The molecule has 0 spiro atoms. The van der Waals surface area contributed by atoms with Gasteiger partial charge in [-0.1, -0.05) is 53.8 Å². The number of hydrogen-bond acceptors (Lipinski definition) is 4. The maximum atomic E-state index is 12.3. The van der Waals surface area contributed by atoms with Crippen molar-refractivity contribution in [3.63, 3.8) is 0 Å². The van der Waals surface area contributed by atoms with Gasteiger partial charge in [0.1, 0.15) is 4.32 Å². The molecule has 0 saturated carbocycles. The molecule has 0 atom stereocenters. The van der Waals surface area contributed by atoms with E-state index in [9.17, 15) is 9.59 Å². The van der Waals surface area contributed by atoms with E-state index in [2.05, 4.69) is 0 Å². The summed E-state index contributed by atoms with van der Waals surface area (Å²) in [6.45, 7) is 0.316. The van der Waals surface area contributed by atoms with Crippen molar-refractivity contribution in [2.45, 2.75) is 12.8 Å². The fourth-order valence-corrected chi connectivity index (χ4v) is 3.30. The third-order valence-electron chi connectivity index (χ3n) is 2.84. The van der Waals surface area contributed by atoms with Crippen molar-refractivity contribution in [3.8, 4) is 0 Å². The number of amides is 1. The van der Waals surface area contributed by atoms with Crippen molar-refractivity contribution < 1.29 is 14.7 Å². The molecule has 110 valence electrons. The van der Waals surface area contributed by atoms with Crippen LogP contribution in [0, 0.1) is 0 Å². The van der Waals surface area contributed by atoms with Gasteiger partial charge >= 0.3 is 5.97 Å². The van der Waals surface area contributed by atoms with Gasteiger partial charge in [-0.25, -0.2) is 0 Å². The lowest BCUT2D eigenvalue weighted by Crippen LogP contribution is -2.29. The molecule has 2 rings (SSSR count). The fourth-order valence-electron chi connectivity index (χ4n) is 1.81. The van der Waals surface area contributed by atoms with Gasteiger partial charge < -0.3 is 5.11 Å². The fraction of sp³-hybridized carbons (Fsp3) is 0.214. The highest BCUT2D eigenvalue weighted by Gasteiger charge is 2.31. The monoisotopic (exact) mass is 341 g/mol. The van der Waals surface area contributed by atoms with Gasteiger partial charge in [0.2, 0.25) is 0 Å². The average molecular weight is 342 g/mol. The minimum atomic E-state index is -0.882. The van der Waals surface area contributed by atoms with Crippen LogP contribution in [0.2, 0.25) is 5.02 Å². The SMILES string of the molecule is O=C(O)CCCN1C(=O)C(=Cc2ccccc2Cl)SC1=S. The molecule has 0 aromatic heterocycles. The lowest BCUT2D eigenvalue weighted by molar-refractivity contribution is -0.137. The second kappa shape index (κ2) is 7.06. The number of carboxylic acids is 1. The first-order chi connectivity index (χ1) is 9.99. The Bertz CT molecular complexity index is 630. The Morgan fingerprint density at radius 3 is 2.81 bits per heavy atom. The van der Waals surface area contributed by atoms with Gasteiger partial charge in [0.15, 0.2) is 0 Å². The van der Waals surface area contributed by atoms with E-state index in [4.69, 9.17) is 28.9 Å². The highest BCUT2D eigenvalue weighted by molar-refractivity contribution is 8.26. The number of carboxylic acid groups (broad SMARTS) is 1. The van der Waals surface area contributed by atoms with Crippen LogP contribution < -0.4 is 0 Å². The number of carbonyl (C=O) groups is 2. The summed E-state index contributed by atoms with van der Waals surface area (Å²) in [5.74, 6) is -1.08. The normalized spacial score (nSPS) is 16.8. The number of benzene rings is 1. The van der Waals surface area contributed by atoms with E-state index in [1.54, 1.807) is 12.1 Å². The molecule has 1 heterocycles. The number of thioether (sulfide) groups is 1. The highest BCUT2D eigenvalue weighted by Crippen LogP contribution is 2.33.